The topological polar surface area (TPSA) is 77.2 Å². The highest BCUT2D eigenvalue weighted by Gasteiger charge is 2.09. The molecule has 0 radical (unpaired) electrons. The number of carbonyl (C=O) groups excluding carboxylic acids is 1. The Kier molecular flexibility index (Phi) is 3.61. The van der Waals surface area contributed by atoms with E-state index in [1.165, 1.54) is 37.6 Å². The lowest BCUT2D eigenvalue weighted by Gasteiger charge is -2.07. The third-order valence-electron chi connectivity index (χ3n) is 2.43. The number of methoxy groups -OCH3 is 1. The van der Waals surface area contributed by atoms with Crippen LogP contribution < -0.4 is 15.8 Å². The van der Waals surface area contributed by atoms with E-state index in [0.29, 0.717) is 11.4 Å². The third-order valence-corrected chi connectivity index (χ3v) is 2.43. The molecule has 0 atom stereocenters. The summed E-state index contributed by atoms with van der Waals surface area (Å²) in [6, 6.07) is 7.20. The molecule has 98 valence electrons. The Morgan fingerprint density at radius 2 is 2.16 bits per heavy atom. The summed E-state index contributed by atoms with van der Waals surface area (Å²) < 4.78 is 18.2. The highest BCUT2D eigenvalue weighted by molar-refractivity contribution is 6.02. The van der Waals surface area contributed by atoms with Crippen molar-refractivity contribution in [2.75, 3.05) is 18.2 Å². The van der Waals surface area contributed by atoms with Crippen molar-refractivity contribution in [1.29, 1.82) is 0 Å². The van der Waals surface area contributed by atoms with Gasteiger partial charge in [0.1, 0.15) is 5.69 Å². The van der Waals surface area contributed by atoms with E-state index in [0.717, 1.165) is 0 Å². The van der Waals surface area contributed by atoms with Crippen molar-refractivity contribution in [3.05, 3.63) is 48.0 Å². The van der Waals surface area contributed by atoms with Crippen LogP contribution in [0.15, 0.2) is 36.5 Å². The molecule has 0 bridgehead atoms. The predicted molar refractivity (Wildman–Crippen MR) is 69.6 cm³/mol. The normalized spacial score (nSPS) is 10.0. The van der Waals surface area contributed by atoms with Gasteiger partial charge in [-0.25, -0.2) is 9.37 Å². The molecule has 0 aliphatic heterocycles. The number of nitrogens with one attached hydrogen (secondary N) is 1. The molecule has 2 rings (SSSR count). The molecule has 0 saturated heterocycles. The number of carbonyl (C=O) groups is 1. The van der Waals surface area contributed by atoms with Gasteiger partial charge in [0.25, 0.3) is 5.91 Å². The van der Waals surface area contributed by atoms with E-state index in [2.05, 4.69) is 10.3 Å². The summed E-state index contributed by atoms with van der Waals surface area (Å²) in [5.41, 5.74) is 6.46. The molecule has 2 aromatic rings. The van der Waals surface area contributed by atoms with Gasteiger partial charge in [-0.1, -0.05) is 0 Å². The van der Waals surface area contributed by atoms with Crippen molar-refractivity contribution < 1.29 is 13.9 Å². The van der Waals surface area contributed by atoms with Crippen molar-refractivity contribution >= 4 is 17.3 Å². The molecule has 0 spiro atoms. The molecule has 0 aliphatic rings. The fraction of sp³-hybridized carbons (Fsp3) is 0.0769. The van der Waals surface area contributed by atoms with Crippen LogP contribution in [0.2, 0.25) is 0 Å². The second-order valence-electron chi connectivity index (χ2n) is 3.78. The van der Waals surface area contributed by atoms with Crippen molar-refractivity contribution in [3.63, 3.8) is 0 Å². The smallest absolute Gasteiger partial charge is 0.274 e. The number of hydrogen-bond donors (Lipinski definition) is 2. The minimum Gasteiger partial charge on any atom is -0.494 e. The van der Waals surface area contributed by atoms with E-state index in [1.54, 1.807) is 6.07 Å². The van der Waals surface area contributed by atoms with Crippen LogP contribution in [-0.4, -0.2) is 18.0 Å². The Morgan fingerprint density at radius 1 is 1.37 bits per heavy atom. The number of nitrogens with zero attached hydrogens (tertiary/aromatic N) is 1. The maximum Gasteiger partial charge on any atom is 0.274 e. The van der Waals surface area contributed by atoms with Crippen molar-refractivity contribution in [3.8, 4) is 5.75 Å². The summed E-state index contributed by atoms with van der Waals surface area (Å²) in [6.45, 7) is 0. The number of anilines is 2. The number of pyridine rings is 1. The van der Waals surface area contributed by atoms with Gasteiger partial charge < -0.3 is 15.8 Å². The fourth-order valence-electron chi connectivity index (χ4n) is 1.48. The number of nitrogens with two attached hydrogens (primary N) is 1. The van der Waals surface area contributed by atoms with Crippen LogP contribution in [0.25, 0.3) is 0 Å². The molecule has 0 saturated carbocycles. The Hall–Kier alpha value is -2.63. The molecule has 0 fully saturated rings. The maximum atomic E-state index is 13.4. The second-order valence-corrected chi connectivity index (χ2v) is 3.78. The molecule has 1 aromatic heterocycles. The van der Waals surface area contributed by atoms with Crippen LogP contribution >= 0.6 is 0 Å². The Bertz CT molecular complexity index is 599. The van der Waals surface area contributed by atoms with Gasteiger partial charge in [-0.15, -0.1) is 0 Å². The van der Waals surface area contributed by atoms with Crippen molar-refractivity contribution in [1.82, 2.24) is 4.98 Å². The summed E-state index contributed by atoms with van der Waals surface area (Å²) >= 11 is 0. The zero-order valence-electron chi connectivity index (χ0n) is 10.2. The van der Waals surface area contributed by atoms with Gasteiger partial charge in [0.15, 0.2) is 11.6 Å². The van der Waals surface area contributed by atoms with E-state index >= 15 is 0 Å². The number of benzene rings is 1. The van der Waals surface area contributed by atoms with Crippen LogP contribution in [0.3, 0.4) is 0 Å². The van der Waals surface area contributed by atoms with Crippen LogP contribution in [0.1, 0.15) is 10.5 Å². The van der Waals surface area contributed by atoms with Gasteiger partial charge in [0.05, 0.1) is 19.0 Å². The molecular weight excluding hydrogens is 249 g/mol. The number of amides is 1. The summed E-state index contributed by atoms with van der Waals surface area (Å²) in [4.78, 5) is 15.7. The number of aromatic nitrogens is 1. The maximum absolute atomic E-state index is 13.4. The molecule has 6 heteroatoms. The van der Waals surface area contributed by atoms with Crippen LogP contribution in [0.4, 0.5) is 15.8 Å². The lowest BCUT2D eigenvalue weighted by molar-refractivity contribution is 0.102. The van der Waals surface area contributed by atoms with Gasteiger partial charge in [-0.3, -0.25) is 4.79 Å². The van der Waals surface area contributed by atoms with Crippen LogP contribution in [-0.2, 0) is 0 Å². The highest BCUT2D eigenvalue weighted by atomic mass is 19.1. The summed E-state index contributed by atoms with van der Waals surface area (Å²) in [6.07, 6.45) is 1.38. The summed E-state index contributed by atoms with van der Waals surface area (Å²) in [5.74, 6) is -0.876. The van der Waals surface area contributed by atoms with Gasteiger partial charge >= 0.3 is 0 Å². The zero-order valence-corrected chi connectivity index (χ0v) is 10.2. The van der Waals surface area contributed by atoms with Gasteiger partial charge in [-0.2, -0.15) is 0 Å². The first-order valence-corrected chi connectivity index (χ1v) is 5.46. The summed E-state index contributed by atoms with van der Waals surface area (Å²) in [7, 11) is 1.37. The quantitative estimate of drug-likeness (QED) is 0.886. The predicted octanol–water partition coefficient (Wildman–Crippen LogP) is 2.06. The number of ether oxygens (including phenoxy) is 1. The first kappa shape index (κ1) is 12.8. The highest BCUT2D eigenvalue weighted by Crippen LogP contribution is 2.20. The van der Waals surface area contributed by atoms with Crippen molar-refractivity contribution in [2.24, 2.45) is 0 Å². The Morgan fingerprint density at radius 3 is 2.74 bits per heavy atom. The first-order chi connectivity index (χ1) is 9.10. The minimum absolute atomic E-state index is 0.114. The molecule has 1 aromatic carbocycles. The first-order valence-electron chi connectivity index (χ1n) is 5.46. The van der Waals surface area contributed by atoms with E-state index in [4.69, 9.17) is 10.5 Å². The summed E-state index contributed by atoms with van der Waals surface area (Å²) in [5, 5.41) is 2.53. The van der Waals surface area contributed by atoms with Crippen molar-refractivity contribution in [2.45, 2.75) is 0 Å². The Labute approximate surface area is 109 Å². The molecule has 1 amide bonds. The molecular formula is C13H12FN3O2. The molecule has 1 heterocycles. The third kappa shape index (κ3) is 2.98. The van der Waals surface area contributed by atoms with Gasteiger partial charge in [0, 0.05) is 11.8 Å². The lowest BCUT2D eigenvalue weighted by atomic mass is 10.2. The average Bonchev–Trinajstić information content (AvgIpc) is 2.39. The number of hydrogen-bond acceptors (Lipinski definition) is 4. The van der Waals surface area contributed by atoms with E-state index in [1.807, 2.05) is 0 Å². The molecule has 5 nitrogen and oxygen atoms in total. The standard InChI is InChI=1S/C13H12FN3O2/c1-19-12-5-3-9(6-10(12)14)17-13(18)11-4-2-8(15)7-16-11/h2-7H,15H2,1H3,(H,17,18). The van der Waals surface area contributed by atoms with Crippen LogP contribution in [0, 0.1) is 5.82 Å². The largest absolute Gasteiger partial charge is 0.494 e. The average molecular weight is 261 g/mol. The number of rotatable bonds is 3. The second kappa shape index (κ2) is 5.34. The van der Waals surface area contributed by atoms with Gasteiger partial charge in [-0.05, 0) is 24.3 Å². The van der Waals surface area contributed by atoms with Crippen LogP contribution in [0.5, 0.6) is 5.75 Å². The SMILES string of the molecule is COc1ccc(NC(=O)c2ccc(N)cn2)cc1F. The number of halogens is 1. The molecule has 19 heavy (non-hydrogen) atoms. The molecule has 3 N–H and O–H groups in total. The lowest BCUT2D eigenvalue weighted by Crippen LogP contribution is -2.13. The number of nitrogen functional groups attached to an aromatic ring is 1. The molecule has 0 unspecified atom stereocenters. The minimum atomic E-state index is -0.550. The van der Waals surface area contributed by atoms with E-state index in [-0.39, 0.29) is 11.4 Å². The Balaban J connectivity index is 2.14. The molecule has 0 aliphatic carbocycles. The fourth-order valence-corrected chi connectivity index (χ4v) is 1.48. The van der Waals surface area contributed by atoms with E-state index in [9.17, 15) is 9.18 Å². The van der Waals surface area contributed by atoms with E-state index < -0.39 is 11.7 Å². The zero-order chi connectivity index (χ0) is 13.8. The van der Waals surface area contributed by atoms with Gasteiger partial charge in [0.2, 0.25) is 0 Å². The monoisotopic (exact) mass is 261 g/mol.